The highest BCUT2D eigenvalue weighted by Crippen LogP contribution is 2.27. The number of hydrogen-bond acceptors (Lipinski definition) is 7. The Kier molecular flexibility index (Phi) is 7.84. The molecule has 27 heavy (non-hydrogen) atoms. The topological polar surface area (TPSA) is 103 Å². The number of non-ortho nitro benzene ring substituents is 1. The minimum absolute atomic E-state index is 0.000252. The van der Waals surface area contributed by atoms with E-state index in [-0.39, 0.29) is 12.3 Å². The van der Waals surface area contributed by atoms with E-state index in [0.29, 0.717) is 30.3 Å². The van der Waals surface area contributed by atoms with Crippen LogP contribution in [0.3, 0.4) is 0 Å². The highest BCUT2D eigenvalue weighted by atomic mass is 16.6. The predicted octanol–water partition coefficient (Wildman–Crippen LogP) is 2.18. The first kappa shape index (κ1) is 20.5. The summed E-state index contributed by atoms with van der Waals surface area (Å²) in [5.74, 6) is 1.85. The van der Waals surface area contributed by atoms with Gasteiger partial charge in [-0.2, -0.15) is 0 Å². The second kappa shape index (κ2) is 10.3. The zero-order valence-corrected chi connectivity index (χ0v) is 15.4. The van der Waals surface area contributed by atoms with Crippen LogP contribution in [0.25, 0.3) is 0 Å². The number of nitro groups is 1. The molecule has 0 aliphatic carbocycles. The zero-order chi connectivity index (χ0) is 19.6. The molecule has 2 N–H and O–H groups in total. The van der Waals surface area contributed by atoms with Gasteiger partial charge in [0.1, 0.15) is 18.5 Å². The van der Waals surface area contributed by atoms with Gasteiger partial charge in [0.2, 0.25) is 0 Å². The summed E-state index contributed by atoms with van der Waals surface area (Å²) >= 11 is 0. The lowest BCUT2D eigenvalue weighted by Crippen LogP contribution is -2.32. The number of hydrogen-bond donors (Lipinski definition) is 2. The van der Waals surface area contributed by atoms with E-state index in [1.165, 1.54) is 24.3 Å². The lowest BCUT2D eigenvalue weighted by atomic mass is 10.1. The number of rotatable bonds is 11. The van der Waals surface area contributed by atoms with E-state index >= 15 is 0 Å². The summed E-state index contributed by atoms with van der Waals surface area (Å²) in [5, 5.41) is 23.7. The first-order valence-corrected chi connectivity index (χ1v) is 8.50. The molecule has 2 rings (SSSR count). The van der Waals surface area contributed by atoms with Crippen LogP contribution in [0.2, 0.25) is 0 Å². The second-order valence-electron chi connectivity index (χ2n) is 5.86. The van der Waals surface area contributed by atoms with Gasteiger partial charge in [0.15, 0.2) is 11.5 Å². The number of ether oxygens (including phenoxy) is 3. The fraction of sp³-hybridized carbons (Fsp3) is 0.368. The molecule has 2 aromatic carbocycles. The Morgan fingerprint density at radius 2 is 1.81 bits per heavy atom. The molecule has 0 aliphatic heterocycles. The molecule has 0 fully saturated rings. The fourth-order valence-electron chi connectivity index (χ4n) is 2.45. The van der Waals surface area contributed by atoms with Gasteiger partial charge in [0, 0.05) is 18.7 Å². The number of aliphatic hydroxyl groups is 1. The molecule has 1 atom stereocenters. The molecule has 0 amide bonds. The predicted molar refractivity (Wildman–Crippen MR) is 101 cm³/mol. The lowest BCUT2D eigenvalue weighted by Gasteiger charge is -2.14. The smallest absolute Gasteiger partial charge is 0.269 e. The Bertz CT molecular complexity index is 735. The van der Waals surface area contributed by atoms with Crippen molar-refractivity contribution in [2.24, 2.45) is 0 Å². The second-order valence-corrected chi connectivity index (χ2v) is 5.86. The first-order valence-electron chi connectivity index (χ1n) is 8.50. The van der Waals surface area contributed by atoms with Crippen molar-refractivity contribution in [2.45, 2.75) is 12.5 Å². The van der Waals surface area contributed by atoms with E-state index in [4.69, 9.17) is 14.2 Å². The van der Waals surface area contributed by atoms with E-state index in [2.05, 4.69) is 5.32 Å². The molecule has 8 nitrogen and oxygen atoms in total. The van der Waals surface area contributed by atoms with Crippen LogP contribution in [-0.2, 0) is 6.42 Å². The van der Waals surface area contributed by atoms with E-state index in [0.717, 1.165) is 12.0 Å². The maximum absolute atomic E-state index is 10.6. The van der Waals surface area contributed by atoms with E-state index < -0.39 is 11.0 Å². The van der Waals surface area contributed by atoms with Gasteiger partial charge >= 0.3 is 0 Å². The number of nitro benzene ring substituents is 1. The Hall–Kier alpha value is -2.84. The summed E-state index contributed by atoms with van der Waals surface area (Å²) in [5.41, 5.74) is 1.09. The summed E-state index contributed by atoms with van der Waals surface area (Å²) in [6.45, 7) is 1.16. The van der Waals surface area contributed by atoms with Crippen molar-refractivity contribution in [1.82, 2.24) is 5.32 Å². The molecule has 0 saturated carbocycles. The summed E-state index contributed by atoms with van der Waals surface area (Å²) < 4.78 is 15.9. The SMILES string of the molecule is COc1ccc(CCNCC(O)COc2ccc([N+](=O)[O-])cc2)cc1OC. The van der Waals surface area contributed by atoms with Crippen molar-refractivity contribution < 1.29 is 24.2 Å². The molecule has 0 aromatic heterocycles. The molecule has 8 heteroatoms. The van der Waals surface area contributed by atoms with Gasteiger partial charge in [-0.15, -0.1) is 0 Å². The summed E-state index contributed by atoms with van der Waals surface area (Å²) in [4.78, 5) is 10.1. The third kappa shape index (κ3) is 6.43. The van der Waals surface area contributed by atoms with Gasteiger partial charge in [0.05, 0.1) is 19.1 Å². The summed E-state index contributed by atoms with van der Waals surface area (Å²) in [7, 11) is 3.19. The van der Waals surface area contributed by atoms with E-state index in [1.807, 2.05) is 18.2 Å². The van der Waals surface area contributed by atoms with Crippen molar-refractivity contribution in [3.8, 4) is 17.2 Å². The van der Waals surface area contributed by atoms with Gasteiger partial charge in [-0.25, -0.2) is 0 Å². The van der Waals surface area contributed by atoms with Crippen molar-refractivity contribution >= 4 is 5.69 Å². The Morgan fingerprint density at radius 1 is 1.11 bits per heavy atom. The molecular formula is C19H24N2O6. The average Bonchev–Trinajstić information content (AvgIpc) is 2.69. The summed E-state index contributed by atoms with van der Waals surface area (Å²) in [6, 6.07) is 11.5. The van der Waals surface area contributed by atoms with Crippen LogP contribution in [0, 0.1) is 10.1 Å². The largest absolute Gasteiger partial charge is 0.493 e. The van der Waals surface area contributed by atoms with Crippen LogP contribution < -0.4 is 19.5 Å². The Morgan fingerprint density at radius 3 is 2.44 bits per heavy atom. The van der Waals surface area contributed by atoms with Crippen molar-refractivity contribution in [3.63, 3.8) is 0 Å². The molecule has 0 aliphatic rings. The first-order chi connectivity index (χ1) is 13.0. The summed E-state index contributed by atoms with van der Waals surface area (Å²) in [6.07, 6.45) is 0.0848. The van der Waals surface area contributed by atoms with Gasteiger partial charge in [-0.1, -0.05) is 6.07 Å². The zero-order valence-electron chi connectivity index (χ0n) is 15.4. The third-order valence-corrected chi connectivity index (χ3v) is 3.91. The maximum atomic E-state index is 10.6. The minimum atomic E-state index is -0.689. The minimum Gasteiger partial charge on any atom is -0.493 e. The molecule has 146 valence electrons. The van der Waals surface area contributed by atoms with Crippen molar-refractivity contribution in [3.05, 3.63) is 58.1 Å². The molecular weight excluding hydrogens is 352 g/mol. The highest BCUT2D eigenvalue weighted by Gasteiger charge is 2.08. The Labute approximate surface area is 157 Å². The maximum Gasteiger partial charge on any atom is 0.269 e. The van der Waals surface area contributed by atoms with Gasteiger partial charge in [0.25, 0.3) is 5.69 Å². The van der Waals surface area contributed by atoms with Crippen molar-refractivity contribution in [2.75, 3.05) is 33.9 Å². The van der Waals surface area contributed by atoms with Crippen LogP contribution in [0.1, 0.15) is 5.56 Å². The average molecular weight is 376 g/mol. The monoisotopic (exact) mass is 376 g/mol. The third-order valence-electron chi connectivity index (χ3n) is 3.91. The molecule has 1 unspecified atom stereocenters. The Balaban J connectivity index is 1.68. The molecule has 0 saturated heterocycles. The number of benzene rings is 2. The number of nitrogens with one attached hydrogen (secondary N) is 1. The van der Waals surface area contributed by atoms with E-state index in [1.54, 1.807) is 14.2 Å². The number of aliphatic hydroxyl groups excluding tert-OH is 1. The van der Waals surface area contributed by atoms with Crippen LogP contribution >= 0.6 is 0 Å². The van der Waals surface area contributed by atoms with Crippen LogP contribution in [-0.4, -0.2) is 50.0 Å². The molecule has 0 heterocycles. The van der Waals surface area contributed by atoms with Gasteiger partial charge < -0.3 is 24.6 Å². The van der Waals surface area contributed by atoms with Crippen molar-refractivity contribution in [1.29, 1.82) is 0 Å². The molecule has 0 spiro atoms. The lowest BCUT2D eigenvalue weighted by molar-refractivity contribution is -0.384. The molecule has 0 bridgehead atoms. The highest BCUT2D eigenvalue weighted by molar-refractivity contribution is 5.43. The van der Waals surface area contributed by atoms with Crippen LogP contribution in [0.15, 0.2) is 42.5 Å². The normalized spacial score (nSPS) is 11.7. The van der Waals surface area contributed by atoms with Crippen LogP contribution in [0.5, 0.6) is 17.2 Å². The van der Waals surface area contributed by atoms with Gasteiger partial charge in [-0.3, -0.25) is 10.1 Å². The fourth-order valence-corrected chi connectivity index (χ4v) is 2.45. The molecule has 0 radical (unpaired) electrons. The number of nitrogens with zero attached hydrogens (tertiary/aromatic N) is 1. The number of methoxy groups -OCH3 is 2. The van der Waals surface area contributed by atoms with E-state index in [9.17, 15) is 15.2 Å². The molecule has 2 aromatic rings. The van der Waals surface area contributed by atoms with Gasteiger partial charge in [-0.05, 0) is 42.8 Å². The van der Waals surface area contributed by atoms with Crippen LogP contribution in [0.4, 0.5) is 5.69 Å². The standard InChI is InChI=1S/C19H24N2O6/c1-25-18-8-3-14(11-19(18)26-2)9-10-20-12-16(22)13-27-17-6-4-15(5-7-17)21(23)24/h3-8,11,16,20,22H,9-10,12-13H2,1-2H3. The quantitative estimate of drug-likeness (QED) is 0.352.